The summed E-state index contributed by atoms with van der Waals surface area (Å²) in [6.45, 7) is 5.36. The minimum Gasteiger partial charge on any atom is -0.244 e. The van der Waals surface area contributed by atoms with E-state index in [4.69, 9.17) is 0 Å². The Balaban J connectivity index is 2.40. The predicted octanol–water partition coefficient (Wildman–Crippen LogP) is 2.78. The molecule has 0 bridgehead atoms. The molecule has 1 fully saturated rings. The van der Waals surface area contributed by atoms with Gasteiger partial charge in [0.05, 0.1) is 0 Å². The quantitative estimate of drug-likeness (QED) is 0.539. The molecule has 1 aliphatic rings. The van der Waals surface area contributed by atoms with Crippen LogP contribution in [0.2, 0.25) is 0 Å². The van der Waals surface area contributed by atoms with Crippen molar-refractivity contribution in [1.82, 2.24) is 0 Å². The summed E-state index contributed by atoms with van der Waals surface area (Å²) in [6.07, 6.45) is 2.49. The van der Waals surface area contributed by atoms with Gasteiger partial charge >= 0.3 is 0 Å². The van der Waals surface area contributed by atoms with Crippen molar-refractivity contribution < 1.29 is 4.39 Å². The Bertz CT molecular complexity index is 97.6. The minimum absolute atomic E-state index is 0.262. The summed E-state index contributed by atoms with van der Waals surface area (Å²) < 4.78 is 13.1. The highest BCUT2D eigenvalue weighted by molar-refractivity contribution is 4.87. The zero-order chi connectivity index (χ0) is 7.07. The van der Waals surface area contributed by atoms with Crippen LogP contribution in [-0.4, -0.2) is 5.67 Å². The molecule has 0 spiro atoms. The summed E-state index contributed by atoms with van der Waals surface area (Å²) in [6, 6.07) is 0. The van der Waals surface area contributed by atoms with Crippen molar-refractivity contribution in [3.63, 3.8) is 0 Å². The molecule has 1 rings (SSSR count). The standard InChI is InChI=1S/C8H15F/c1-6(7-4-5-7)8(2,3)9/h6-7H,4-5H2,1-3H3. The van der Waals surface area contributed by atoms with Crippen molar-refractivity contribution in [2.45, 2.75) is 39.3 Å². The average molecular weight is 130 g/mol. The fourth-order valence-electron chi connectivity index (χ4n) is 1.16. The Morgan fingerprint density at radius 1 is 1.44 bits per heavy atom. The third-order valence-electron chi connectivity index (χ3n) is 2.41. The van der Waals surface area contributed by atoms with Crippen LogP contribution in [0.15, 0.2) is 0 Å². The normalized spacial score (nSPS) is 24.0. The van der Waals surface area contributed by atoms with E-state index in [2.05, 4.69) is 0 Å². The molecule has 0 aliphatic heterocycles. The van der Waals surface area contributed by atoms with E-state index in [1.54, 1.807) is 13.8 Å². The van der Waals surface area contributed by atoms with Gasteiger partial charge in [0.1, 0.15) is 5.67 Å². The molecule has 0 amide bonds. The summed E-state index contributed by atoms with van der Waals surface area (Å²) >= 11 is 0. The first-order valence-electron chi connectivity index (χ1n) is 3.70. The van der Waals surface area contributed by atoms with E-state index >= 15 is 0 Å². The predicted molar refractivity (Wildman–Crippen MR) is 37.1 cm³/mol. The first-order valence-corrected chi connectivity index (χ1v) is 3.70. The van der Waals surface area contributed by atoms with E-state index < -0.39 is 5.67 Å². The van der Waals surface area contributed by atoms with Crippen molar-refractivity contribution >= 4 is 0 Å². The summed E-state index contributed by atoms with van der Waals surface area (Å²) in [5.41, 5.74) is -0.957. The Kier molecular flexibility index (Phi) is 1.54. The number of hydrogen-bond acceptors (Lipinski definition) is 0. The van der Waals surface area contributed by atoms with Gasteiger partial charge in [0.25, 0.3) is 0 Å². The van der Waals surface area contributed by atoms with Crippen LogP contribution in [0.1, 0.15) is 33.6 Å². The van der Waals surface area contributed by atoms with Gasteiger partial charge in [0, 0.05) is 0 Å². The highest BCUT2D eigenvalue weighted by Gasteiger charge is 2.37. The Hall–Kier alpha value is -0.0700. The SMILES string of the molecule is CC(C1CC1)C(C)(C)F. The van der Waals surface area contributed by atoms with E-state index in [0.717, 1.165) is 0 Å². The van der Waals surface area contributed by atoms with E-state index in [1.165, 1.54) is 12.8 Å². The molecule has 0 nitrogen and oxygen atoms in total. The van der Waals surface area contributed by atoms with Gasteiger partial charge in [-0.15, -0.1) is 0 Å². The monoisotopic (exact) mass is 130 g/mol. The second-order valence-electron chi connectivity index (χ2n) is 3.69. The number of alkyl halides is 1. The van der Waals surface area contributed by atoms with Crippen LogP contribution in [-0.2, 0) is 0 Å². The van der Waals surface area contributed by atoms with Crippen LogP contribution in [0.25, 0.3) is 0 Å². The van der Waals surface area contributed by atoms with E-state index in [1.807, 2.05) is 6.92 Å². The number of hydrogen-bond donors (Lipinski definition) is 0. The summed E-state index contributed by atoms with van der Waals surface area (Å²) in [5, 5.41) is 0. The largest absolute Gasteiger partial charge is 0.244 e. The molecule has 0 radical (unpaired) electrons. The summed E-state index contributed by atoms with van der Waals surface area (Å²) in [5.74, 6) is 0.947. The molecule has 0 aromatic heterocycles. The first-order chi connectivity index (χ1) is 4.02. The zero-order valence-corrected chi connectivity index (χ0v) is 6.45. The molecule has 9 heavy (non-hydrogen) atoms. The molecular formula is C8H15F. The molecule has 0 aromatic carbocycles. The maximum absolute atomic E-state index is 13.1. The molecule has 1 unspecified atom stereocenters. The lowest BCUT2D eigenvalue weighted by Crippen LogP contribution is -2.24. The van der Waals surface area contributed by atoms with Crippen LogP contribution in [0.5, 0.6) is 0 Å². The Morgan fingerprint density at radius 3 is 2.00 bits per heavy atom. The minimum atomic E-state index is -0.957. The lowest BCUT2D eigenvalue weighted by molar-refractivity contribution is 0.121. The van der Waals surface area contributed by atoms with Crippen LogP contribution >= 0.6 is 0 Å². The molecule has 1 saturated carbocycles. The Morgan fingerprint density at radius 2 is 1.89 bits per heavy atom. The molecule has 1 aliphatic carbocycles. The second-order valence-corrected chi connectivity index (χ2v) is 3.69. The molecule has 0 aromatic rings. The second kappa shape index (κ2) is 1.96. The Labute approximate surface area is 56.5 Å². The molecule has 1 heteroatoms. The fourth-order valence-corrected chi connectivity index (χ4v) is 1.16. The van der Waals surface area contributed by atoms with Gasteiger partial charge in [0.15, 0.2) is 0 Å². The molecule has 0 saturated heterocycles. The zero-order valence-electron chi connectivity index (χ0n) is 6.45. The number of rotatable bonds is 2. The summed E-state index contributed by atoms with van der Waals surface area (Å²) in [7, 11) is 0. The first kappa shape index (κ1) is 7.04. The average Bonchev–Trinajstić information content (AvgIpc) is 2.40. The topological polar surface area (TPSA) is 0 Å². The molecule has 1 atom stereocenters. The summed E-state index contributed by atoms with van der Waals surface area (Å²) in [4.78, 5) is 0. The van der Waals surface area contributed by atoms with Gasteiger partial charge in [-0.2, -0.15) is 0 Å². The van der Waals surface area contributed by atoms with Gasteiger partial charge in [-0.1, -0.05) is 6.92 Å². The fraction of sp³-hybridized carbons (Fsp3) is 1.00. The van der Waals surface area contributed by atoms with Gasteiger partial charge in [-0.05, 0) is 38.5 Å². The van der Waals surface area contributed by atoms with Gasteiger partial charge in [0.2, 0.25) is 0 Å². The smallest absolute Gasteiger partial charge is 0.108 e. The third kappa shape index (κ3) is 1.67. The van der Waals surface area contributed by atoms with Crippen molar-refractivity contribution in [3.8, 4) is 0 Å². The van der Waals surface area contributed by atoms with Crippen LogP contribution < -0.4 is 0 Å². The van der Waals surface area contributed by atoms with Gasteiger partial charge in [-0.25, -0.2) is 4.39 Å². The van der Waals surface area contributed by atoms with Crippen molar-refractivity contribution in [1.29, 1.82) is 0 Å². The van der Waals surface area contributed by atoms with E-state index in [-0.39, 0.29) is 5.92 Å². The lowest BCUT2D eigenvalue weighted by atomic mass is 9.90. The molecule has 0 N–H and O–H groups in total. The van der Waals surface area contributed by atoms with Gasteiger partial charge in [-0.3, -0.25) is 0 Å². The van der Waals surface area contributed by atoms with Crippen LogP contribution in [0.4, 0.5) is 4.39 Å². The maximum Gasteiger partial charge on any atom is 0.108 e. The third-order valence-corrected chi connectivity index (χ3v) is 2.41. The molecular weight excluding hydrogens is 115 g/mol. The van der Waals surface area contributed by atoms with Crippen molar-refractivity contribution in [2.75, 3.05) is 0 Å². The lowest BCUT2D eigenvalue weighted by Gasteiger charge is -2.22. The maximum atomic E-state index is 13.1. The van der Waals surface area contributed by atoms with Crippen LogP contribution in [0.3, 0.4) is 0 Å². The van der Waals surface area contributed by atoms with E-state index in [9.17, 15) is 4.39 Å². The highest BCUT2D eigenvalue weighted by atomic mass is 19.1. The van der Waals surface area contributed by atoms with Crippen molar-refractivity contribution in [2.24, 2.45) is 11.8 Å². The van der Waals surface area contributed by atoms with Gasteiger partial charge < -0.3 is 0 Å². The highest BCUT2D eigenvalue weighted by Crippen LogP contribution is 2.42. The van der Waals surface area contributed by atoms with Crippen molar-refractivity contribution in [3.05, 3.63) is 0 Å². The number of halogens is 1. The van der Waals surface area contributed by atoms with Crippen LogP contribution in [0, 0.1) is 11.8 Å². The molecule has 54 valence electrons. The van der Waals surface area contributed by atoms with E-state index in [0.29, 0.717) is 5.92 Å². The molecule has 0 heterocycles.